The summed E-state index contributed by atoms with van der Waals surface area (Å²) in [4.78, 5) is 70.9. The molecule has 0 unspecified atom stereocenters. The summed E-state index contributed by atoms with van der Waals surface area (Å²) < 4.78 is 16.8. The number of ketones is 2. The van der Waals surface area contributed by atoms with Crippen molar-refractivity contribution in [2.24, 2.45) is 17.8 Å². The molecule has 4 rings (SSSR count). The van der Waals surface area contributed by atoms with Gasteiger partial charge in [-0.15, -0.1) is 0 Å². The Kier molecular flexibility index (Phi) is 17.4. The van der Waals surface area contributed by atoms with Crippen molar-refractivity contribution in [3.63, 3.8) is 0 Å². The van der Waals surface area contributed by atoms with Crippen molar-refractivity contribution in [3.05, 3.63) is 36.0 Å². The lowest BCUT2D eigenvalue weighted by Crippen LogP contribution is -2.53. The zero-order valence-corrected chi connectivity index (χ0v) is 36.0. The Morgan fingerprint density at radius 2 is 1.64 bits per heavy atom. The fourth-order valence-electron chi connectivity index (χ4n) is 8.26. The van der Waals surface area contributed by atoms with Gasteiger partial charge in [-0.05, 0) is 78.7 Å². The van der Waals surface area contributed by atoms with E-state index in [4.69, 9.17) is 14.2 Å². The van der Waals surface area contributed by atoms with Gasteiger partial charge in [0, 0.05) is 57.6 Å². The van der Waals surface area contributed by atoms with E-state index in [0.29, 0.717) is 44.2 Å². The minimum Gasteiger partial charge on any atom is -0.449 e. The van der Waals surface area contributed by atoms with Crippen LogP contribution in [0.4, 0.5) is 14.4 Å². The molecule has 326 valence electrons. The summed E-state index contributed by atoms with van der Waals surface area (Å²) in [6, 6.07) is 0.328. The molecule has 3 N–H and O–H groups in total. The Bertz CT molecular complexity index is 1500. The number of aliphatic hydroxyl groups is 2. The average molecular weight is 815 g/mol. The molecule has 3 amide bonds. The van der Waals surface area contributed by atoms with Crippen LogP contribution in [0.5, 0.6) is 0 Å². The van der Waals surface area contributed by atoms with Gasteiger partial charge in [0.2, 0.25) is 11.6 Å². The number of carbonyl (C=O) groups is 5. The van der Waals surface area contributed by atoms with Gasteiger partial charge in [-0.1, -0.05) is 69.4 Å². The predicted molar refractivity (Wildman–Crippen MR) is 220 cm³/mol. The monoisotopic (exact) mass is 815 g/mol. The summed E-state index contributed by atoms with van der Waals surface area (Å²) in [5.41, 5.74) is -1.56. The van der Waals surface area contributed by atoms with E-state index in [2.05, 4.69) is 10.2 Å². The first-order valence-corrected chi connectivity index (χ1v) is 21.4. The van der Waals surface area contributed by atoms with E-state index < -0.39 is 65.1 Å². The number of rotatable bonds is 8. The highest BCUT2D eigenvalue weighted by Gasteiger charge is 2.39. The van der Waals surface area contributed by atoms with E-state index in [1.165, 1.54) is 38.5 Å². The zero-order chi connectivity index (χ0) is 42.6. The molecule has 1 saturated carbocycles. The molecule has 0 aromatic carbocycles. The van der Waals surface area contributed by atoms with Crippen LogP contribution in [0.3, 0.4) is 0 Å². The number of likely N-dealkylation sites (tertiary alicyclic amines) is 1. The topological polar surface area (TPSA) is 175 Å². The average Bonchev–Trinajstić information content (AvgIpc) is 3.44. The molecule has 2 heterocycles. The highest BCUT2D eigenvalue weighted by atomic mass is 16.6. The first-order chi connectivity index (χ1) is 27.3. The summed E-state index contributed by atoms with van der Waals surface area (Å²) in [6.45, 7) is 15.9. The van der Waals surface area contributed by atoms with Crippen molar-refractivity contribution in [2.75, 3.05) is 45.9 Å². The van der Waals surface area contributed by atoms with Crippen molar-refractivity contribution in [3.8, 4) is 0 Å². The summed E-state index contributed by atoms with van der Waals surface area (Å²) in [5, 5.41) is 25.2. The van der Waals surface area contributed by atoms with Gasteiger partial charge in [-0.25, -0.2) is 14.4 Å². The molecule has 0 aromatic rings. The van der Waals surface area contributed by atoms with Crippen LogP contribution in [0.1, 0.15) is 113 Å². The Hall–Kier alpha value is -3.75. The number of hydrogen-bond acceptors (Lipinski definition) is 11. The Morgan fingerprint density at radius 1 is 0.966 bits per heavy atom. The molecule has 58 heavy (non-hydrogen) atoms. The summed E-state index contributed by atoms with van der Waals surface area (Å²) in [5.74, 6) is -2.89. The quantitative estimate of drug-likeness (QED) is 0.0869. The van der Waals surface area contributed by atoms with Gasteiger partial charge in [-0.2, -0.15) is 0 Å². The Morgan fingerprint density at radius 3 is 2.29 bits per heavy atom. The third-order valence-electron chi connectivity index (χ3n) is 11.8. The molecule has 2 aliphatic heterocycles. The Labute approximate surface area is 345 Å². The van der Waals surface area contributed by atoms with Crippen LogP contribution in [0.25, 0.3) is 0 Å². The number of Topliss-reactive ketones (excluding diaryl/α,β-unsaturated/α-hetero) is 2. The molecule has 14 nitrogen and oxygen atoms in total. The number of hydrogen-bond donors (Lipinski definition) is 3. The predicted octanol–water partition coefficient (Wildman–Crippen LogP) is 5.95. The standard InChI is InChI=1S/C44H70N4O10/c1-30(29-56-41(53)48-22-20-33(28-48)45-40(52)58-43(4,5)6)13-12-14-31(2)38-32(3)17-18-37(44(7,55)21-19-35(49)27-36(50)39(38)51)57-42(54)47-25-23-46(24-26-47)34-15-10-8-9-11-16-34/h12-14,17-18,30,32-35,37-38,49,55H,8-11,15-16,19-29H2,1-7H3,(H,45,52)/b13-12+,18-17+,31-14+/t30-,32+,33+,35+,37+,38-,44+/m1/s1. The second-order valence-electron chi connectivity index (χ2n) is 18.2. The summed E-state index contributed by atoms with van der Waals surface area (Å²) in [6.07, 6.45) is 12.7. The van der Waals surface area contributed by atoms with Gasteiger partial charge in [0.15, 0.2) is 6.10 Å². The number of allylic oxidation sites excluding steroid dienone is 4. The minimum absolute atomic E-state index is 0.0372. The number of amides is 3. The molecular formula is C44H70N4O10. The molecule has 0 radical (unpaired) electrons. The summed E-state index contributed by atoms with van der Waals surface area (Å²) >= 11 is 0. The van der Waals surface area contributed by atoms with Gasteiger partial charge >= 0.3 is 18.3 Å². The fraction of sp³-hybridized carbons (Fsp3) is 0.750. The molecule has 4 aliphatic rings. The van der Waals surface area contributed by atoms with Gasteiger partial charge < -0.3 is 39.5 Å². The third kappa shape index (κ3) is 14.5. The van der Waals surface area contributed by atoms with Crippen LogP contribution < -0.4 is 5.32 Å². The maximum absolute atomic E-state index is 13.7. The lowest BCUT2D eigenvalue weighted by atomic mass is 9.79. The lowest BCUT2D eigenvalue weighted by molar-refractivity contribution is -0.140. The molecule has 3 fully saturated rings. The molecular weight excluding hydrogens is 745 g/mol. The highest BCUT2D eigenvalue weighted by Crippen LogP contribution is 2.30. The first kappa shape index (κ1) is 46.9. The smallest absolute Gasteiger partial charge is 0.410 e. The summed E-state index contributed by atoms with van der Waals surface area (Å²) in [7, 11) is 0. The lowest BCUT2D eigenvalue weighted by Gasteiger charge is -2.40. The normalized spacial score (nSPS) is 30.2. The van der Waals surface area contributed by atoms with Crippen LogP contribution in [0, 0.1) is 17.8 Å². The first-order valence-electron chi connectivity index (χ1n) is 21.4. The van der Waals surface area contributed by atoms with Gasteiger partial charge in [0.1, 0.15) is 11.2 Å². The van der Waals surface area contributed by atoms with Crippen molar-refractivity contribution in [1.82, 2.24) is 20.0 Å². The van der Waals surface area contributed by atoms with E-state index in [9.17, 15) is 34.2 Å². The van der Waals surface area contributed by atoms with Gasteiger partial charge in [0.25, 0.3) is 0 Å². The number of nitrogens with zero attached hydrogens (tertiary/aromatic N) is 3. The van der Waals surface area contributed by atoms with E-state index >= 15 is 0 Å². The molecule has 2 aliphatic carbocycles. The Balaban J connectivity index is 1.37. The fourth-order valence-corrected chi connectivity index (χ4v) is 8.26. The van der Waals surface area contributed by atoms with Crippen LogP contribution >= 0.6 is 0 Å². The zero-order valence-electron chi connectivity index (χ0n) is 36.0. The maximum atomic E-state index is 13.7. The number of piperazine rings is 1. The van der Waals surface area contributed by atoms with Crippen molar-refractivity contribution in [1.29, 1.82) is 0 Å². The van der Waals surface area contributed by atoms with Gasteiger partial charge in [0.05, 0.1) is 24.7 Å². The molecule has 2 saturated heterocycles. The maximum Gasteiger partial charge on any atom is 0.410 e. The number of carbonyl (C=O) groups excluding carboxylic acids is 5. The molecule has 0 bridgehead atoms. The van der Waals surface area contributed by atoms with Crippen molar-refractivity contribution < 1.29 is 48.4 Å². The molecule has 14 heteroatoms. The SMILES string of the molecule is C/C(=C\C=C\[C@@H](C)COC(=O)N1CC[C@H](NC(=O)OC(C)(C)C)C1)[C@H]1C(=O)C(=O)C[C@@H](O)CC[C@](C)(O)[C@@H](OC(=O)N2CCN(C3CCCCCC3)CC2)/C=C/[C@@H]1C. The van der Waals surface area contributed by atoms with Gasteiger partial charge in [-0.3, -0.25) is 14.5 Å². The molecule has 0 spiro atoms. The van der Waals surface area contributed by atoms with E-state index in [-0.39, 0.29) is 37.8 Å². The molecule has 7 atom stereocenters. The van der Waals surface area contributed by atoms with Crippen molar-refractivity contribution in [2.45, 2.75) is 148 Å². The number of ether oxygens (including phenoxy) is 3. The van der Waals surface area contributed by atoms with E-state index in [0.717, 1.165) is 13.1 Å². The van der Waals surface area contributed by atoms with E-state index in [1.54, 1.807) is 75.6 Å². The number of nitrogens with one attached hydrogen (secondary N) is 1. The number of aliphatic hydroxyl groups excluding tert-OH is 1. The minimum atomic E-state index is -1.54. The van der Waals surface area contributed by atoms with E-state index in [1.807, 2.05) is 13.0 Å². The van der Waals surface area contributed by atoms with Crippen LogP contribution in [0.15, 0.2) is 36.0 Å². The third-order valence-corrected chi connectivity index (χ3v) is 11.8. The molecule has 0 aromatic heterocycles. The largest absolute Gasteiger partial charge is 0.449 e. The van der Waals surface area contributed by atoms with Crippen LogP contribution in [-0.4, -0.2) is 136 Å². The van der Waals surface area contributed by atoms with Crippen molar-refractivity contribution >= 4 is 29.8 Å². The van der Waals surface area contributed by atoms with Crippen LogP contribution in [0.2, 0.25) is 0 Å². The second-order valence-corrected chi connectivity index (χ2v) is 18.2. The van der Waals surface area contributed by atoms with Crippen LogP contribution in [-0.2, 0) is 23.8 Å². The number of alkyl carbamates (subject to hydrolysis) is 1. The second kappa shape index (κ2) is 21.5. The highest BCUT2D eigenvalue weighted by molar-refractivity contribution is 6.38.